The van der Waals surface area contributed by atoms with Crippen molar-refractivity contribution in [3.05, 3.63) is 96.7 Å². The van der Waals surface area contributed by atoms with E-state index < -0.39 is 10.8 Å². The van der Waals surface area contributed by atoms with Crippen molar-refractivity contribution < 1.29 is 14.5 Å². The summed E-state index contributed by atoms with van der Waals surface area (Å²) >= 11 is 7.10. The summed E-state index contributed by atoms with van der Waals surface area (Å²) in [4.78, 5) is 36.9. The van der Waals surface area contributed by atoms with Crippen molar-refractivity contribution in [1.82, 2.24) is 5.32 Å². The maximum Gasteiger partial charge on any atom is 0.269 e. The molecular formula is C26H22ClN3O4S. The molecule has 7 nitrogen and oxygen atoms in total. The molecule has 2 aromatic carbocycles. The minimum atomic E-state index is -0.743. The van der Waals surface area contributed by atoms with Crippen LogP contribution in [0.5, 0.6) is 0 Å². The van der Waals surface area contributed by atoms with Crippen LogP contribution in [-0.2, 0) is 4.79 Å². The zero-order valence-electron chi connectivity index (χ0n) is 19.1. The fraction of sp³-hybridized carbons (Fsp3) is 0.269. The number of dihydropyridines is 1. The average Bonchev–Trinajstić information content (AvgIpc) is 2.81. The third kappa shape index (κ3) is 5.16. The standard InChI is InChI=1S/C26H22ClN3O4S/c1-26(2)11-20-24(21(31)12-26)23(16-4-3-5-18(10-16)30(33)34)19(13-28)25(29-20)35-14-22(32)15-6-8-17(27)9-7-15/h3-10,23,29H,11-12,14H2,1-2H3. The molecule has 1 atom stereocenters. The molecule has 9 heteroatoms. The van der Waals surface area contributed by atoms with E-state index in [0.717, 1.165) is 0 Å². The van der Waals surface area contributed by atoms with Gasteiger partial charge in [0.05, 0.1) is 33.3 Å². The van der Waals surface area contributed by atoms with Crippen molar-refractivity contribution in [3.63, 3.8) is 0 Å². The van der Waals surface area contributed by atoms with Crippen LogP contribution in [0.2, 0.25) is 5.02 Å². The normalized spacial score (nSPS) is 19.0. The molecule has 35 heavy (non-hydrogen) atoms. The first kappa shape index (κ1) is 24.7. The van der Waals surface area contributed by atoms with E-state index in [4.69, 9.17) is 11.6 Å². The van der Waals surface area contributed by atoms with E-state index in [1.807, 2.05) is 13.8 Å². The number of Topliss-reactive ketones (excluding diaryl/α,β-unsaturated/α-hetero) is 2. The van der Waals surface area contributed by atoms with Crippen molar-refractivity contribution in [2.24, 2.45) is 5.41 Å². The summed E-state index contributed by atoms with van der Waals surface area (Å²) in [5.41, 5.74) is 2.04. The zero-order chi connectivity index (χ0) is 25.3. The molecule has 0 spiro atoms. The van der Waals surface area contributed by atoms with E-state index in [-0.39, 0.29) is 34.0 Å². The largest absolute Gasteiger partial charge is 0.352 e. The van der Waals surface area contributed by atoms with Crippen LogP contribution in [0, 0.1) is 26.9 Å². The van der Waals surface area contributed by atoms with Gasteiger partial charge in [0.2, 0.25) is 0 Å². The Balaban J connectivity index is 1.75. The highest BCUT2D eigenvalue weighted by Gasteiger charge is 2.42. The Kier molecular flexibility index (Phi) is 6.84. The van der Waals surface area contributed by atoms with Gasteiger partial charge in [-0.3, -0.25) is 19.7 Å². The Hall–Kier alpha value is -3.41. The Labute approximate surface area is 212 Å². The highest BCUT2D eigenvalue weighted by Crippen LogP contribution is 2.48. The molecule has 178 valence electrons. The minimum absolute atomic E-state index is 0.0662. The first-order valence-corrected chi connectivity index (χ1v) is 12.3. The first-order valence-electron chi connectivity index (χ1n) is 10.9. The maximum atomic E-state index is 13.3. The van der Waals surface area contributed by atoms with Gasteiger partial charge in [0.15, 0.2) is 11.6 Å². The van der Waals surface area contributed by atoms with Crippen LogP contribution in [0.3, 0.4) is 0 Å². The lowest BCUT2D eigenvalue weighted by molar-refractivity contribution is -0.384. The van der Waals surface area contributed by atoms with Gasteiger partial charge in [-0.25, -0.2) is 0 Å². The van der Waals surface area contributed by atoms with Gasteiger partial charge in [0, 0.05) is 40.4 Å². The van der Waals surface area contributed by atoms with Gasteiger partial charge in [0.25, 0.3) is 5.69 Å². The quantitative estimate of drug-likeness (QED) is 0.293. The molecule has 1 aliphatic heterocycles. The summed E-state index contributed by atoms with van der Waals surface area (Å²) in [6.45, 7) is 4.00. The number of carbonyl (C=O) groups excluding carboxylic acids is 2. The SMILES string of the molecule is CC1(C)CC(=O)C2=C(C1)NC(SCC(=O)c1ccc(Cl)cc1)=C(C#N)C2c1cccc([N+](=O)[O-])c1. The predicted octanol–water partition coefficient (Wildman–Crippen LogP) is 5.93. The van der Waals surface area contributed by atoms with E-state index in [2.05, 4.69) is 11.4 Å². The molecule has 0 aromatic heterocycles. The van der Waals surface area contributed by atoms with Crippen molar-refractivity contribution in [3.8, 4) is 6.07 Å². The second kappa shape index (κ2) is 9.68. The molecule has 0 amide bonds. The molecule has 0 bridgehead atoms. The van der Waals surface area contributed by atoms with Crippen molar-refractivity contribution in [2.75, 3.05) is 5.75 Å². The van der Waals surface area contributed by atoms with E-state index >= 15 is 0 Å². The highest BCUT2D eigenvalue weighted by atomic mass is 35.5. The van der Waals surface area contributed by atoms with Crippen LogP contribution in [-0.4, -0.2) is 22.2 Å². The summed E-state index contributed by atoms with van der Waals surface area (Å²) in [6, 6.07) is 14.8. The molecule has 0 saturated heterocycles. The van der Waals surface area contributed by atoms with Gasteiger partial charge in [-0.2, -0.15) is 5.26 Å². The number of hydrogen-bond acceptors (Lipinski definition) is 7. The van der Waals surface area contributed by atoms with Crippen LogP contribution >= 0.6 is 23.4 Å². The lowest BCUT2D eigenvalue weighted by Gasteiger charge is -2.39. The molecule has 2 aliphatic rings. The van der Waals surface area contributed by atoms with Gasteiger partial charge < -0.3 is 5.32 Å². The highest BCUT2D eigenvalue weighted by molar-refractivity contribution is 8.03. The summed E-state index contributed by atoms with van der Waals surface area (Å²) < 4.78 is 0. The topological polar surface area (TPSA) is 113 Å². The fourth-order valence-corrected chi connectivity index (χ4v) is 5.58. The Bertz CT molecular complexity index is 1340. The van der Waals surface area contributed by atoms with E-state index in [1.165, 1.54) is 23.9 Å². The minimum Gasteiger partial charge on any atom is -0.352 e. The number of ketones is 2. The maximum absolute atomic E-state index is 13.3. The van der Waals surface area contributed by atoms with E-state index in [0.29, 0.717) is 45.3 Å². The monoisotopic (exact) mass is 507 g/mol. The smallest absolute Gasteiger partial charge is 0.269 e. The van der Waals surface area contributed by atoms with E-state index in [1.54, 1.807) is 36.4 Å². The Morgan fingerprint density at radius 2 is 1.97 bits per heavy atom. The Morgan fingerprint density at radius 1 is 1.26 bits per heavy atom. The van der Waals surface area contributed by atoms with Crippen LogP contribution < -0.4 is 5.32 Å². The third-order valence-corrected chi connectivity index (χ3v) is 7.32. The summed E-state index contributed by atoms with van der Waals surface area (Å²) in [5.74, 6) is -0.899. The van der Waals surface area contributed by atoms with Crippen LogP contribution in [0.1, 0.15) is 48.5 Å². The molecule has 1 N–H and O–H groups in total. The molecule has 4 rings (SSSR count). The number of nitro groups is 1. The van der Waals surface area contributed by atoms with Gasteiger partial charge >= 0.3 is 0 Å². The van der Waals surface area contributed by atoms with Gasteiger partial charge in [-0.05, 0) is 41.7 Å². The number of halogens is 1. The number of hydrogen-bond donors (Lipinski definition) is 1. The fourth-order valence-electron chi connectivity index (χ4n) is 4.50. The van der Waals surface area contributed by atoms with Gasteiger partial charge in [-0.1, -0.05) is 49.3 Å². The first-order chi connectivity index (χ1) is 16.6. The molecule has 1 unspecified atom stereocenters. The molecular weight excluding hydrogens is 486 g/mol. The Morgan fingerprint density at radius 3 is 2.63 bits per heavy atom. The van der Waals surface area contributed by atoms with Crippen LogP contribution in [0.4, 0.5) is 5.69 Å². The molecule has 0 radical (unpaired) electrons. The second-order valence-corrected chi connectivity index (χ2v) is 10.7. The molecule has 0 saturated carbocycles. The number of benzene rings is 2. The number of thioether (sulfide) groups is 1. The average molecular weight is 508 g/mol. The summed E-state index contributed by atoms with van der Waals surface area (Å²) in [6.07, 6.45) is 0.891. The van der Waals surface area contributed by atoms with E-state index in [9.17, 15) is 25.0 Å². The number of nitriles is 1. The van der Waals surface area contributed by atoms with Crippen molar-refractivity contribution in [1.29, 1.82) is 5.26 Å². The van der Waals surface area contributed by atoms with Crippen LogP contribution in [0.15, 0.2) is 70.4 Å². The molecule has 0 fully saturated rings. The second-order valence-electron chi connectivity index (χ2n) is 9.32. The molecule has 1 aliphatic carbocycles. The summed E-state index contributed by atoms with van der Waals surface area (Å²) in [5, 5.41) is 25.8. The third-order valence-electron chi connectivity index (χ3n) is 6.05. The lowest BCUT2D eigenvalue weighted by atomic mass is 9.69. The number of nitro benzene ring substituents is 1. The van der Waals surface area contributed by atoms with Gasteiger partial charge in [-0.15, -0.1) is 0 Å². The van der Waals surface area contributed by atoms with Gasteiger partial charge in [0.1, 0.15) is 0 Å². The zero-order valence-corrected chi connectivity index (χ0v) is 20.7. The predicted molar refractivity (Wildman–Crippen MR) is 135 cm³/mol. The van der Waals surface area contributed by atoms with Crippen molar-refractivity contribution in [2.45, 2.75) is 32.6 Å². The number of non-ortho nitro benzene ring substituents is 1. The molecule has 2 aromatic rings. The number of nitrogens with one attached hydrogen (secondary N) is 1. The van der Waals surface area contributed by atoms with Crippen LogP contribution in [0.25, 0.3) is 0 Å². The van der Waals surface area contributed by atoms with Crippen molar-refractivity contribution >= 4 is 40.6 Å². The number of allylic oxidation sites excluding steroid dienone is 3. The number of rotatable bonds is 6. The number of nitrogens with zero attached hydrogens (tertiary/aromatic N) is 2. The molecule has 1 heterocycles. The lowest BCUT2D eigenvalue weighted by Crippen LogP contribution is -2.37. The summed E-state index contributed by atoms with van der Waals surface area (Å²) in [7, 11) is 0. The number of carbonyl (C=O) groups is 2.